The number of Topliss-reactive ketones (excluding diaryl/α,β-unsaturated/α-hetero) is 1. The third-order valence-corrected chi connectivity index (χ3v) is 6.66. The Morgan fingerprint density at radius 3 is 2.17 bits per heavy atom. The summed E-state index contributed by atoms with van der Waals surface area (Å²) in [5.41, 5.74) is 1.11. The summed E-state index contributed by atoms with van der Waals surface area (Å²) in [5, 5.41) is 0. The molecule has 0 radical (unpaired) electrons. The lowest BCUT2D eigenvalue weighted by Gasteiger charge is -2.42. The summed E-state index contributed by atoms with van der Waals surface area (Å²) >= 11 is 0. The van der Waals surface area contributed by atoms with Gasteiger partial charge in [-0.15, -0.1) is 0 Å². The van der Waals surface area contributed by atoms with Gasteiger partial charge >= 0.3 is 0 Å². The number of amides is 2. The number of hydrogen-bond donors (Lipinski definition) is 0. The largest absolute Gasteiger partial charge is 0.295 e. The van der Waals surface area contributed by atoms with Crippen LogP contribution in [0.5, 0.6) is 0 Å². The first-order chi connectivity index (χ1) is 11.1. The van der Waals surface area contributed by atoms with Crippen LogP contribution in [0, 0.1) is 35.5 Å². The van der Waals surface area contributed by atoms with Crippen molar-refractivity contribution in [3.8, 4) is 0 Å². The molecule has 1 heterocycles. The first-order valence-corrected chi connectivity index (χ1v) is 8.56. The molecule has 0 aromatic heterocycles. The normalized spacial score (nSPS) is 40.1. The molecule has 2 amide bonds. The van der Waals surface area contributed by atoms with Crippen molar-refractivity contribution in [3.63, 3.8) is 0 Å². The molecule has 118 valence electrons. The first kappa shape index (κ1) is 13.5. The number of imide groups is 1. The summed E-state index contributed by atoms with van der Waals surface area (Å²) in [6.45, 7) is 1.50. The van der Waals surface area contributed by atoms with E-state index < -0.39 is 0 Å². The molecule has 1 saturated heterocycles. The van der Waals surface area contributed by atoms with Crippen molar-refractivity contribution in [2.24, 2.45) is 35.5 Å². The van der Waals surface area contributed by atoms with Gasteiger partial charge in [0.1, 0.15) is 0 Å². The zero-order valence-corrected chi connectivity index (χ0v) is 13.1. The highest BCUT2D eigenvalue weighted by molar-refractivity contribution is 6.22. The Hall–Kier alpha value is -1.97. The van der Waals surface area contributed by atoms with Gasteiger partial charge in [-0.05, 0) is 62.0 Å². The number of fused-ring (bicyclic) bond motifs is 1. The highest BCUT2D eigenvalue weighted by Crippen LogP contribution is 2.68. The zero-order chi connectivity index (χ0) is 15.9. The monoisotopic (exact) mass is 309 g/mol. The summed E-state index contributed by atoms with van der Waals surface area (Å²) in [4.78, 5) is 39.0. The van der Waals surface area contributed by atoms with Gasteiger partial charge in [-0.1, -0.05) is 12.1 Å². The highest BCUT2D eigenvalue weighted by atomic mass is 16.2. The van der Waals surface area contributed by atoms with Crippen LogP contribution in [0.2, 0.25) is 0 Å². The summed E-state index contributed by atoms with van der Waals surface area (Å²) in [6.07, 6.45) is 3.43. The standard InChI is InChI=1S/C19H19NO3/c1-9(21)10-3-2-4-11(7-10)20-18(22)16-12-5-6-13(15-8-14(12)15)17(16)19(20)23/h2-4,7,12-17H,5-6,8H2,1H3/t12-,13+,14+,15?,16-,17+/m0/s1. The Kier molecular flexibility index (Phi) is 2.52. The second kappa shape index (κ2) is 4.31. The van der Waals surface area contributed by atoms with Crippen molar-refractivity contribution < 1.29 is 14.4 Å². The first-order valence-electron chi connectivity index (χ1n) is 8.56. The Labute approximate surface area is 134 Å². The second-order valence-corrected chi connectivity index (χ2v) is 7.64. The molecule has 2 bridgehead atoms. The van der Waals surface area contributed by atoms with Gasteiger partial charge in [0, 0.05) is 5.56 Å². The summed E-state index contributed by atoms with van der Waals surface area (Å²) < 4.78 is 0. The number of rotatable bonds is 2. The molecular formula is C19H19NO3. The fraction of sp³-hybridized carbons (Fsp3) is 0.526. The molecular weight excluding hydrogens is 290 g/mol. The van der Waals surface area contributed by atoms with Crippen molar-refractivity contribution in [3.05, 3.63) is 29.8 Å². The maximum absolute atomic E-state index is 13.0. The van der Waals surface area contributed by atoms with E-state index in [0.717, 1.165) is 12.8 Å². The van der Waals surface area contributed by atoms with E-state index >= 15 is 0 Å². The molecule has 4 saturated carbocycles. The lowest BCUT2D eigenvalue weighted by atomic mass is 9.59. The molecule has 23 heavy (non-hydrogen) atoms. The Morgan fingerprint density at radius 1 is 1.00 bits per heavy atom. The maximum atomic E-state index is 13.0. The Bertz CT molecular complexity index is 721. The van der Waals surface area contributed by atoms with Gasteiger partial charge in [-0.2, -0.15) is 0 Å². The highest BCUT2D eigenvalue weighted by Gasteiger charge is 2.68. The quantitative estimate of drug-likeness (QED) is 0.623. The van der Waals surface area contributed by atoms with Crippen molar-refractivity contribution in [2.45, 2.75) is 26.2 Å². The van der Waals surface area contributed by atoms with Crippen molar-refractivity contribution in [1.29, 1.82) is 0 Å². The van der Waals surface area contributed by atoms with E-state index in [0.29, 0.717) is 34.9 Å². The number of nitrogens with zero attached hydrogens (tertiary/aromatic N) is 1. The number of ketones is 1. The third kappa shape index (κ3) is 1.64. The summed E-state index contributed by atoms with van der Waals surface area (Å²) in [5.74, 6) is 1.88. The Balaban J connectivity index is 1.56. The number of carbonyl (C=O) groups excluding carboxylic acids is 3. The molecule has 0 spiro atoms. The zero-order valence-electron chi connectivity index (χ0n) is 13.1. The SMILES string of the molecule is CC(=O)c1cccc(N2C(=O)[C@H]3[C@H]4CC[C@H](C5C[C@@H]54)[C@H]3C2=O)c1. The van der Waals surface area contributed by atoms with Crippen LogP contribution in [-0.4, -0.2) is 17.6 Å². The molecule has 0 N–H and O–H groups in total. The minimum atomic E-state index is -0.106. The molecule has 6 rings (SSSR count). The molecule has 4 nitrogen and oxygen atoms in total. The van der Waals surface area contributed by atoms with Gasteiger partial charge in [0.05, 0.1) is 17.5 Å². The van der Waals surface area contributed by atoms with E-state index in [1.165, 1.54) is 18.2 Å². The predicted octanol–water partition coefficient (Wildman–Crippen LogP) is 2.67. The Morgan fingerprint density at radius 2 is 1.61 bits per heavy atom. The summed E-state index contributed by atoms with van der Waals surface area (Å²) in [7, 11) is 0. The maximum Gasteiger partial charge on any atom is 0.237 e. The van der Waals surface area contributed by atoms with Crippen LogP contribution in [-0.2, 0) is 9.59 Å². The molecule has 1 aliphatic heterocycles. The lowest BCUT2D eigenvalue weighted by Crippen LogP contribution is -2.43. The average Bonchev–Trinajstić information content (AvgIpc) is 3.32. The number of hydrogen-bond acceptors (Lipinski definition) is 3. The van der Waals surface area contributed by atoms with Crippen LogP contribution < -0.4 is 4.90 Å². The second-order valence-electron chi connectivity index (χ2n) is 7.64. The average molecular weight is 309 g/mol. The molecule has 5 aliphatic rings. The van der Waals surface area contributed by atoms with E-state index in [2.05, 4.69) is 0 Å². The predicted molar refractivity (Wildman–Crippen MR) is 83.7 cm³/mol. The van der Waals surface area contributed by atoms with Crippen LogP contribution >= 0.6 is 0 Å². The van der Waals surface area contributed by atoms with Crippen LogP contribution in [0.4, 0.5) is 5.69 Å². The lowest BCUT2D eigenvalue weighted by molar-refractivity contribution is -0.129. The van der Waals surface area contributed by atoms with E-state index in [9.17, 15) is 14.4 Å². The summed E-state index contributed by atoms with van der Waals surface area (Å²) in [6, 6.07) is 6.92. The van der Waals surface area contributed by atoms with Crippen LogP contribution in [0.25, 0.3) is 0 Å². The molecule has 4 heteroatoms. The van der Waals surface area contributed by atoms with Crippen molar-refractivity contribution >= 4 is 23.3 Å². The molecule has 4 aliphatic carbocycles. The third-order valence-electron chi connectivity index (χ3n) is 6.66. The van der Waals surface area contributed by atoms with E-state index in [-0.39, 0.29) is 29.4 Å². The van der Waals surface area contributed by atoms with Gasteiger partial charge < -0.3 is 0 Å². The van der Waals surface area contributed by atoms with Gasteiger partial charge in [-0.25, -0.2) is 0 Å². The van der Waals surface area contributed by atoms with Crippen molar-refractivity contribution in [1.82, 2.24) is 0 Å². The minimum absolute atomic E-state index is 0.0271. The van der Waals surface area contributed by atoms with Crippen LogP contribution in [0.1, 0.15) is 36.5 Å². The van der Waals surface area contributed by atoms with Gasteiger partial charge in [-0.3, -0.25) is 19.3 Å². The fourth-order valence-electron chi connectivity index (χ4n) is 5.66. The number of benzene rings is 1. The fourth-order valence-corrected chi connectivity index (χ4v) is 5.66. The topological polar surface area (TPSA) is 54.5 Å². The molecule has 5 fully saturated rings. The van der Waals surface area contributed by atoms with E-state index in [4.69, 9.17) is 0 Å². The minimum Gasteiger partial charge on any atom is -0.295 e. The van der Waals surface area contributed by atoms with E-state index in [1.54, 1.807) is 24.3 Å². The van der Waals surface area contributed by atoms with Crippen LogP contribution in [0.3, 0.4) is 0 Å². The number of carbonyl (C=O) groups is 3. The van der Waals surface area contributed by atoms with Gasteiger partial charge in [0.15, 0.2) is 5.78 Å². The molecule has 6 atom stereocenters. The molecule has 1 unspecified atom stereocenters. The van der Waals surface area contributed by atoms with Gasteiger partial charge in [0.25, 0.3) is 0 Å². The van der Waals surface area contributed by atoms with Crippen molar-refractivity contribution in [2.75, 3.05) is 4.90 Å². The van der Waals surface area contributed by atoms with E-state index in [1.807, 2.05) is 0 Å². The molecule has 1 aromatic rings. The molecule has 1 aromatic carbocycles. The van der Waals surface area contributed by atoms with Crippen LogP contribution in [0.15, 0.2) is 24.3 Å². The number of anilines is 1. The smallest absolute Gasteiger partial charge is 0.237 e. The van der Waals surface area contributed by atoms with Gasteiger partial charge in [0.2, 0.25) is 11.8 Å².